The standard InChI is InChI=1S/C23H29N7O3S/c1-14-6-15(8-20(7-14)34(31,32)25-2)21-12-26-22(24)23(28-21)33-19-11-27-30(13-19)18-9-16-4-5-17(10-18)29(16)3/h6-8,11-13,16-18,25H,4-5,9-10H2,1-3H3,(H2,24,26)/t16-,17+,18?. The zero-order valence-corrected chi connectivity index (χ0v) is 20.3. The lowest BCUT2D eigenvalue weighted by atomic mass is 9.98. The van der Waals surface area contributed by atoms with E-state index < -0.39 is 10.0 Å². The number of hydrogen-bond acceptors (Lipinski definition) is 8. The number of anilines is 1. The van der Waals surface area contributed by atoms with Crippen LogP contribution in [0.1, 0.15) is 37.3 Å². The Morgan fingerprint density at radius 3 is 2.56 bits per heavy atom. The molecular weight excluding hydrogens is 454 g/mol. The van der Waals surface area contributed by atoms with E-state index in [-0.39, 0.29) is 16.6 Å². The first-order valence-corrected chi connectivity index (χ1v) is 12.8. The molecule has 0 spiro atoms. The molecule has 10 nitrogen and oxygen atoms in total. The van der Waals surface area contributed by atoms with Gasteiger partial charge in [0.15, 0.2) is 11.6 Å². The van der Waals surface area contributed by atoms with E-state index in [0.29, 0.717) is 35.1 Å². The Hall–Kier alpha value is -3.02. The van der Waals surface area contributed by atoms with Crippen molar-refractivity contribution in [1.82, 2.24) is 29.4 Å². The van der Waals surface area contributed by atoms with Crippen molar-refractivity contribution in [2.75, 3.05) is 19.8 Å². The van der Waals surface area contributed by atoms with Crippen LogP contribution >= 0.6 is 0 Å². The predicted molar refractivity (Wildman–Crippen MR) is 128 cm³/mol. The Morgan fingerprint density at radius 1 is 1.12 bits per heavy atom. The number of sulfonamides is 1. The third-order valence-electron chi connectivity index (χ3n) is 6.93. The van der Waals surface area contributed by atoms with Crippen molar-refractivity contribution in [2.24, 2.45) is 0 Å². The maximum atomic E-state index is 12.3. The molecule has 2 fully saturated rings. The van der Waals surface area contributed by atoms with Crippen LogP contribution in [0, 0.1) is 6.92 Å². The van der Waals surface area contributed by atoms with Crippen LogP contribution in [0.5, 0.6) is 11.6 Å². The lowest BCUT2D eigenvalue weighted by Crippen LogP contribution is -2.40. The van der Waals surface area contributed by atoms with Crippen molar-refractivity contribution in [3.05, 3.63) is 42.4 Å². The number of ether oxygens (including phenoxy) is 1. The van der Waals surface area contributed by atoms with Crippen LogP contribution in [0.2, 0.25) is 0 Å². The average molecular weight is 484 g/mol. The largest absolute Gasteiger partial charge is 0.433 e. The topological polar surface area (TPSA) is 128 Å². The maximum Gasteiger partial charge on any atom is 0.263 e. The van der Waals surface area contributed by atoms with Crippen LogP contribution in [-0.4, -0.2) is 59.2 Å². The van der Waals surface area contributed by atoms with Crippen LogP contribution in [0.4, 0.5) is 5.82 Å². The van der Waals surface area contributed by atoms with Gasteiger partial charge in [-0.3, -0.25) is 4.68 Å². The summed E-state index contributed by atoms with van der Waals surface area (Å²) in [5.41, 5.74) is 7.88. The minimum atomic E-state index is -3.60. The molecule has 3 N–H and O–H groups in total. The molecule has 0 radical (unpaired) electrons. The number of aryl methyl sites for hydroxylation is 1. The van der Waals surface area contributed by atoms with Gasteiger partial charge in [0.1, 0.15) is 0 Å². The molecule has 3 atom stereocenters. The Kier molecular flexibility index (Phi) is 5.78. The van der Waals surface area contributed by atoms with Gasteiger partial charge in [0.05, 0.1) is 35.2 Å². The minimum absolute atomic E-state index is 0.143. The highest BCUT2D eigenvalue weighted by atomic mass is 32.2. The SMILES string of the molecule is CNS(=O)(=O)c1cc(C)cc(-c2cnc(N)c(Oc3cnn(C4C[C@H]5CC[C@@H](C4)N5C)c3)n2)c1. The van der Waals surface area contributed by atoms with Crippen molar-refractivity contribution in [3.8, 4) is 22.9 Å². The third-order valence-corrected chi connectivity index (χ3v) is 8.33. The molecule has 4 heterocycles. The van der Waals surface area contributed by atoms with Gasteiger partial charge in [-0.15, -0.1) is 0 Å². The van der Waals surface area contributed by atoms with Crippen molar-refractivity contribution >= 4 is 15.8 Å². The molecule has 0 amide bonds. The monoisotopic (exact) mass is 483 g/mol. The summed E-state index contributed by atoms with van der Waals surface area (Å²) < 4.78 is 34.9. The summed E-state index contributed by atoms with van der Waals surface area (Å²) in [6.07, 6.45) is 9.71. The average Bonchev–Trinajstić information content (AvgIpc) is 3.34. The molecule has 0 saturated carbocycles. The number of nitrogens with two attached hydrogens (primary N) is 1. The highest BCUT2D eigenvalue weighted by molar-refractivity contribution is 7.89. The van der Waals surface area contributed by atoms with Crippen LogP contribution in [-0.2, 0) is 10.0 Å². The number of nitrogens with zero attached hydrogens (tertiary/aromatic N) is 5. The minimum Gasteiger partial charge on any atom is -0.433 e. The molecule has 2 bridgehead atoms. The highest BCUT2D eigenvalue weighted by Gasteiger charge is 2.39. The van der Waals surface area contributed by atoms with Crippen LogP contribution in [0.3, 0.4) is 0 Å². The second-order valence-corrected chi connectivity index (χ2v) is 11.0. The van der Waals surface area contributed by atoms with E-state index in [2.05, 4.69) is 31.7 Å². The van der Waals surface area contributed by atoms with Gasteiger partial charge in [-0.05, 0) is 70.5 Å². The van der Waals surface area contributed by atoms with E-state index >= 15 is 0 Å². The summed E-state index contributed by atoms with van der Waals surface area (Å²) in [4.78, 5) is 11.4. The summed E-state index contributed by atoms with van der Waals surface area (Å²) in [5, 5.41) is 4.54. The lowest BCUT2D eigenvalue weighted by Gasteiger charge is -2.36. The molecule has 1 aromatic carbocycles. The fraction of sp³-hybridized carbons (Fsp3) is 0.435. The molecule has 2 aliphatic rings. The van der Waals surface area contributed by atoms with E-state index in [1.807, 2.05) is 23.9 Å². The quantitative estimate of drug-likeness (QED) is 0.548. The second kappa shape index (κ2) is 8.64. The molecule has 2 saturated heterocycles. The number of piperidine rings is 1. The van der Waals surface area contributed by atoms with Crippen LogP contribution in [0.15, 0.2) is 41.7 Å². The number of nitrogens with one attached hydrogen (secondary N) is 1. The zero-order chi connectivity index (χ0) is 24.0. The van der Waals surface area contributed by atoms with Crippen LogP contribution < -0.4 is 15.2 Å². The van der Waals surface area contributed by atoms with Gasteiger partial charge in [0, 0.05) is 17.6 Å². The molecule has 2 aliphatic heterocycles. The molecule has 5 rings (SSSR count). The smallest absolute Gasteiger partial charge is 0.263 e. The first-order chi connectivity index (χ1) is 16.2. The van der Waals surface area contributed by atoms with Crippen molar-refractivity contribution in [2.45, 2.75) is 55.6 Å². The Labute approximate surface area is 199 Å². The van der Waals surface area contributed by atoms with Crippen molar-refractivity contribution < 1.29 is 13.2 Å². The van der Waals surface area contributed by atoms with Crippen molar-refractivity contribution in [3.63, 3.8) is 0 Å². The first-order valence-electron chi connectivity index (χ1n) is 11.4. The third kappa shape index (κ3) is 4.26. The zero-order valence-electron chi connectivity index (χ0n) is 19.5. The van der Waals surface area contributed by atoms with Gasteiger partial charge in [0.25, 0.3) is 5.88 Å². The van der Waals surface area contributed by atoms with E-state index in [9.17, 15) is 8.42 Å². The first kappa shape index (κ1) is 22.8. The normalized spacial score (nSPS) is 22.7. The number of hydrogen-bond donors (Lipinski definition) is 2. The number of nitrogen functional groups attached to an aromatic ring is 1. The summed E-state index contributed by atoms with van der Waals surface area (Å²) in [7, 11) is -0.00511. The molecule has 1 unspecified atom stereocenters. The number of benzene rings is 1. The molecule has 2 aromatic heterocycles. The van der Waals surface area contributed by atoms with Crippen molar-refractivity contribution in [1.29, 1.82) is 0 Å². The lowest BCUT2D eigenvalue weighted by molar-refractivity contribution is 0.131. The molecule has 11 heteroatoms. The van der Waals surface area contributed by atoms with E-state index in [1.54, 1.807) is 18.3 Å². The fourth-order valence-corrected chi connectivity index (χ4v) is 5.91. The molecule has 34 heavy (non-hydrogen) atoms. The predicted octanol–water partition coefficient (Wildman–Crippen LogP) is 2.73. The van der Waals surface area contributed by atoms with E-state index in [1.165, 1.54) is 26.1 Å². The summed E-state index contributed by atoms with van der Waals surface area (Å²) >= 11 is 0. The van der Waals surface area contributed by atoms with Gasteiger partial charge in [-0.2, -0.15) is 5.10 Å². The summed E-state index contributed by atoms with van der Waals surface area (Å²) in [6.45, 7) is 1.82. The summed E-state index contributed by atoms with van der Waals surface area (Å²) in [6, 6.07) is 6.56. The Morgan fingerprint density at radius 2 is 1.85 bits per heavy atom. The van der Waals surface area contributed by atoms with Crippen LogP contribution in [0.25, 0.3) is 11.3 Å². The number of rotatable bonds is 6. The maximum absolute atomic E-state index is 12.3. The van der Waals surface area contributed by atoms with Gasteiger partial charge < -0.3 is 15.4 Å². The van der Waals surface area contributed by atoms with Gasteiger partial charge in [-0.1, -0.05) is 0 Å². The highest BCUT2D eigenvalue weighted by Crippen LogP contribution is 2.40. The fourth-order valence-electron chi connectivity index (χ4n) is 5.05. The number of aromatic nitrogens is 4. The Balaban J connectivity index is 1.39. The molecule has 180 valence electrons. The molecule has 0 aliphatic carbocycles. The Bertz CT molecular complexity index is 1310. The van der Waals surface area contributed by atoms with E-state index in [4.69, 9.17) is 10.5 Å². The molecular formula is C23H29N7O3S. The number of fused-ring (bicyclic) bond motifs is 2. The van der Waals surface area contributed by atoms with Gasteiger partial charge in [0.2, 0.25) is 10.0 Å². The van der Waals surface area contributed by atoms with Gasteiger partial charge >= 0.3 is 0 Å². The van der Waals surface area contributed by atoms with Gasteiger partial charge in [-0.25, -0.2) is 23.1 Å². The molecule has 3 aromatic rings. The second-order valence-electron chi connectivity index (χ2n) is 9.12. The summed E-state index contributed by atoms with van der Waals surface area (Å²) in [5.74, 6) is 0.830. The van der Waals surface area contributed by atoms with E-state index in [0.717, 1.165) is 18.4 Å².